The second-order valence-corrected chi connectivity index (χ2v) is 7.91. The monoisotopic (exact) mass is 268 g/mol. The van der Waals surface area contributed by atoms with Gasteiger partial charge in [-0.2, -0.15) is 0 Å². The first-order valence-corrected chi connectivity index (χ1v) is 8.20. The molecule has 98 valence electrons. The van der Waals surface area contributed by atoms with Crippen LogP contribution in [0, 0.1) is 0 Å². The quantitative estimate of drug-likeness (QED) is 0.345. The molecule has 0 aromatic carbocycles. The van der Waals surface area contributed by atoms with Gasteiger partial charge in [-0.25, -0.2) is 0 Å². The van der Waals surface area contributed by atoms with E-state index in [2.05, 4.69) is 6.92 Å². The maximum atomic E-state index is 6.30. The van der Waals surface area contributed by atoms with Gasteiger partial charge in [0.15, 0.2) is 0 Å². The molecule has 0 amide bonds. The predicted molar refractivity (Wildman–Crippen MR) is 69.8 cm³/mol. The third-order valence-electron chi connectivity index (χ3n) is 2.80. The Morgan fingerprint density at radius 3 is 1.88 bits per heavy atom. The number of alkyl halides is 1. The van der Waals surface area contributed by atoms with Gasteiger partial charge >= 0.3 is 8.80 Å². The van der Waals surface area contributed by atoms with Crippen molar-refractivity contribution in [2.24, 2.45) is 0 Å². The number of halogens is 1. The summed E-state index contributed by atoms with van der Waals surface area (Å²) in [4.78, 5) is 0. The lowest BCUT2D eigenvalue weighted by Gasteiger charge is -2.28. The molecule has 1 unspecified atom stereocenters. The summed E-state index contributed by atoms with van der Waals surface area (Å²) < 4.78 is 16.0. The van der Waals surface area contributed by atoms with Crippen LogP contribution < -0.4 is 0 Å². The number of hydrogen-bond donors (Lipinski definition) is 0. The Kier molecular flexibility index (Phi) is 9.65. The first kappa shape index (κ1) is 16.4. The molecule has 0 N–H and O–H groups in total. The van der Waals surface area contributed by atoms with Crippen LogP contribution in [-0.4, -0.2) is 35.1 Å². The lowest BCUT2D eigenvalue weighted by Crippen LogP contribution is -2.51. The average molecular weight is 269 g/mol. The highest BCUT2D eigenvalue weighted by Gasteiger charge is 2.46. The van der Waals surface area contributed by atoms with Gasteiger partial charge in [0.2, 0.25) is 0 Å². The highest BCUT2D eigenvalue weighted by molar-refractivity contribution is 6.71. The molecule has 16 heavy (non-hydrogen) atoms. The van der Waals surface area contributed by atoms with E-state index in [9.17, 15) is 0 Å². The van der Waals surface area contributed by atoms with E-state index < -0.39 is 8.80 Å². The third kappa shape index (κ3) is 5.14. The van der Waals surface area contributed by atoms with Crippen LogP contribution >= 0.6 is 11.6 Å². The van der Waals surface area contributed by atoms with Crippen LogP contribution in [0.1, 0.15) is 45.4 Å². The van der Waals surface area contributed by atoms with Crippen LogP contribution in [-0.2, 0) is 13.3 Å². The van der Waals surface area contributed by atoms with Gasteiger partial charge in [-0.05, 0) is 6.42 Å². The summed E-state index contributed by atoms with van der Waals surface area (Å²) >= 11 is 6.30. The second kappa shape index (κ2) is 9.42. The summed E-state index contributed by atoms with van der Waals surface area (Å²) in [5, 5.41) is -0.144. The number of rotatable bonds is 10. The van der Waals surface area contributed by atoms with Gasteiger partial charge in [0.1, 0.15) is 5.00 Å². The number of hydrogen-bond acceptors (Lipinski definition) is 3. The van der Waals surface area contributed by atoms with Crippen LogP contribution in [0.4, 0.5) is 0 Å². The summed E-state index contributed by atoms with van der Waals surface area (Å²) in [6.07, 6.45) is 7.07. The Hall–Kier alpha value is 0.387. The van der Waals surface area contributed by atoms with Gasteiger partial charge in [0.25, 0.3) is 0 Å². The van der Waals surface area contributed by atoms with Crippen molar-refractivity contribution in [1.29, 1.82) is 0 Å². The average Bonchev–Trinajstić information content (AvgIpc) is 2.32. The molecule has 0 saturated heterocycles. The Bertz CT molecular complexity index is 157. The fraction of sp³-hybridized carbons (Fsp3) is 1.00. The normalized spacial score (nSPS) is 14.1. The molecule has 0 spiro atoms. The molecule has 0 aliphatic heterocycles. The minimum absolute atomic E-state index is 0.144. The second-order valence-electron chi connectivity index (χ2n) is 3.89. The van der Waals surface area contributed by atoms with E-state index in [0.717, 1.165) is 12.8 Å². The summed E-state index contributed by atoms with van der Waals surface area (Å²) in [7, 11) is 2.18. The summed E-state index contributed by atoms with van der Waals surface area (Å²) in [6, 6.07) is 0. The smallest absolute Gasteiger partial charge is 0.376 e. The van der Waals surface area contributed by atoms with E-state index in [1.54, 1.807) is 21.3 Å². The van der Waals surface area contributed by atoms with Gasteiger partial charge in [0.05, 0.1) is 0 Å². The van der Waals surface area contributed by atoms with Gasteiger partial charge in [-0.3, -0.25) is 0 Å². The van der Waals surface area contributed by atoms with Crippen LogP contribution in [0.2, 0.25) is 0 Å². The first-order chi connectivity index (χ1) is 7.66. The van der Waals surface area contributed by atoms with Crippen LogP contribution in [0.25, 0.3) is 0 Å². The fourth-order valence-corrected chi connectivity index (χ4v) is 4.52. The van der Waals surface area contributed by atoms with Gasteiger partial charge < -0.3 is 13.3 Å². The van der Waals surface area contributed by atoms with E-state index in [1.807, 2.05) is 0 Å². The zero-order valence-electron chi connectivity index (χ0n) is 10.9. The molecular formula is C11H25ClO3Si. The van der Waals surface area contributed by atoms with Crippen molar-refractivity contribution < 1.29 is 13.3 Å². The minimum Gasteiger partial charge on any atom is -0.376 e. The van der Waals surface area contributed by atoms with Crippen LogP contribution in [0.3, 0.4) is 0 Å². The van der Waals surface area contributed by atoms with Crippen molar-refractivity contribution in [2.75, 3.05) is 21.3 Å². The van der Waals surface area contributed by atoms with Crippen LogP contribution in [0.15, 0.2) is 0 Å². The number of unbranched alkanes of at least 4 members (excludes halogenated alkanes) is 4. The molecule has 0 aliphatic carbocycles. The maximum absolute atomic E-state index is 6.30. The molecule has 3 nitrogen and oxygen atoms in total. The van der Waals surface area contributed by atoms with E-state index in [0.29, 0.717) is 0 Å². The standard InChI is InChI=1S/C11H25ClO3Si/c1-5-6-7-8-9-10-11(12)16(13-2,14-3)15-4/h11H,5-10H2,1-4H3. The molecule has 0 aromatic heterocycles. The third-order valence-corrected chi connectivity index (χ3v) is 6.58. The van der Waals surface area contributed by atoms with E-state index in [1.165, 1.54) is 25.7 Å². The van der Waals surface area contributed by atoms with Crippen molar-refractivity contribution in [2.45, 2.75) is 50.4 Å². The molecular weight excluding hydrogens is 244 g/mol. The van der Waals surface area contributed by atoms with Crippen molar-refractivity contribution in [1.82, 2.24) is 0 Å². The van der Waals surface area contributed by atoms with E-state index in [4.69, 9.17) is 24.9 Å². The van der Waals surface area contributed by atoms with Crippen molar-refractivity contribution in [3.8, 4) is 0 Å². The lowest BCUT2D eigenvalue weighted by molar-refractivity contribution is 0.119. The van der Waals surface area contributed by atoms with E-state index in [-0.39, 0.29) is 5.00 Å². The minimum atomic E-state index is -2.62. The molecule has 1 atom stereocenters. The van der Waals surface area contributed by atoms with Crippen LogP contribution in [0.5, 0.6) is 0 Å². The topological polar surface area (TPSA) is 27.7 Å². The van der Waals surface area contributed by atoms with Crippen molar-refractivity contribution in [3.05, 3.63) is 0 Å². The molecule has 0 saturated carbocycles. The molecule has 0 heterocycles. The lowest BCUT2D eigenvalue weighted by atomic mass is 10.1. The molecule has 0 aliphatic rings. The van der Waals surface area contributed by atoms with Gasteiger partial charge in [-0.1, -0.05) is 39.0 Å². The summed E-state index contributed by atoms with van der Waals surface area (Å²) in [6.45, 7) is 2.21. The predicted octanol–water partition coefficient (Wildman–Crippen LogP) is 3.37. The van der Waals surface area contributed by atoms with Crippen molar-refractivity contribution >= 4 is 20.4 Å². The summed E-state index contributed by atoms with van der Waals surface area (Å²) in [5.74, 6) is 0. The highest BCUT2D eigenvalue weighted by atomic mass is 35.5. The molecule has 5 heteroatoms. The molecule has 0 radical (unpaired) electrons. The molecule has 0 fully saturated rings. The Labute approximate surface area is 106 Å². The highest BCUT2D eigenvalue weighted by Crippen LogP contribution is 2.22. The van der Waals surface area contributed by atoms with E-state index >= 15 is 0 Å². The summed E-state index contributed by atoms with van der Waals surface area (Å²) in [5.41, 5.74) is 0. The maximum Gasteiger partial charge on any atom is 0.518 e. The molecule has 0 bridgehead atoms. The SMILES string of the molecule is CCCCCCCC(Cl)[Si](OC)(OC)OC. The largest absolute Gasteiger partial charge is 0.518 e. The molecule has 0 aromatic rings. The zero-order chi connectivity index (χ0) is 12.4. The van der Waals surface area contributed by atoms with Gasteiger partial charge in [-0.15, -0.1) is 11.6 Å². The molecule has 0 rings (SSSR count). The Morgan fingerprint density at radius 2 is 1.44 bits per heavy atom. The zero-order valence-corrected chi connectivity index (χ0v) is 12.7. The first-order valence-electron chi connectivity index (χ1n) is 5.96. The van der Waals surface area contributed by atoms with Gasteiger partial charge in [0, 0.05) is 21.3 Å². The Balaban J connectivity index is 3.88. The van der Waals surface area contributed by atoms with Crippen molar-refractivity contribution in [3.63, 3.8) is 0 Å². The Morgan fingerprint density at radius 1 is 0.938 bits per heavy atom. The fourth-order valence-electron chi connectivity index (χ4n) is 1.74.